The van der Waals surface area contributed by atoms with Gasteiger partial charge in [0, 0.05) is 37.7 Å². The molecule has 0 bridgehead atoms. The minimum Gasteiger partial charge on any atom is -0.379 e. The van der Waals surface area contributed by atoms with Crippen LogP contribution in [0.2, 0.25) is 0 Å². The smallest absolute Gasteiger partial charge is 0.191 e. The second-order valence-corrected chi connectivity index (χ2v) is 7.60. The fourth-order valence-corrected chi connectivity index (χ4v) is 4.08. The Morgan fingerprint density at radius 2 is 1.83 bits per heavy atom. The highest BCUT2D eigenvalue weighted by Gasteiger charge is 2.23. The van der Waals surface area contributed by atoms with Crippen LogP contribution in [0, 0.1) is 6.92 Å². The maximum absolute atomic E-state index is 6.25. The average molecular weight is 349 g/mol. The van der Waals surface area contributed by atoms with Gasteiger partial charge in [-0.3, -0.25) is 9.89 Å². The van der Waals surface area contributed by atoms with E-state index in [4.69, 9.17) is 15.5 Å². The van der Waals surface area contributed by atoms with Gasteiger partial charge in [-0.15, -0.1) is 0 Å². The molecule has 2 aliphatic rings. The number of morpholine rings is 1. The molecule has 1 aromatic carbocycles. The summed E-state index contributed by atoms with van der Waals surface area (Å²) in [5.74, 6) is 2.97. The summed E-state index contributed by atoms with van der Waals surface area (Å²) in [6, 6.07) is 9.07. The number of nitrogens with two attached hydrogens (primary N) is 1. The topological polar surface area (TPSA) is 54.1 Å². The Hall–Kier alpha value is -1.24. The van der Waals surface area contributed by atoms with Crippen LogP contribution < -0.4 is 5.73 Å². The fraction of sp³-hybridized carbons (Fsp3) is 0.611. The first-order chi connectivity index (χ1) is 11.7. The molecule has 0 aliphatic carbocycles. The summed E-state index contributed by atoms with van der Waals surface area (Å²) >= 11 is 1.99. The summed E-state index contributed by atoms with van der Waals surface area (Å²) in [6.45, 7) is 8.34. The summed E-state index contributed by atoms with van der Waals surface area (Å²) in [5, 5.41) is 0. The maximum atomic E-state index is 6.25. The molecule has 1 unspecified atom stereocenters. The molecule has 2 fully saturated rings. The van der Waals surface area contributed by atoms with Crippen molar-refractivity contribution in [3.63, 3.8) is 0 Å². The third-order valence-electron chi connectivity index (χ3n) is 4.71. The van der Waals surface area contributed by atoms with E-state index >= 15 is 0 Å². The van der Waals surface area contributed by atoms with Crippen LogP contribution in [0.5, 0.6) is 0 Å². The molecule has 1 aromatic rings. The van der Waals surface area contributed by atoms with E-state index in [0.29, 0.717) is 12.5 Å². The van der Waals surface area contributed by atoms with Crippen molar-refractivity contribution in [3.8, 4) is 0 Å². The largest absolute Gasteiger partial charge is 0.379 e. The van der Waals surface area contributed by atoms with Crippen LogP contribution in [0.3, 0.4) is 0 Å². The number of thioether (sulfide) groups is 1. The van der Waals surface area contributed by atoms with Crippen molar-refractivity contribution in [3.05, 3.63) is 35.4 Å². The highest BCUT2D eigenvalue weighted by molar-refractivity contribution is 7.99. The van der Waals surface area contributed by atoms with Gasteiger partial charge in [-0.05, 0) is 12.5 Å². The van der Waals surface area contributed by atoms with Gasteiger partial charge in [-0.2, -0.15) is 11.8 Å². The van der Waals surface area contributed by atoms with Gasteiger partial charge in [-0.25, -0.2) is 0 Å². The molecule has 6 heteroatoms. The molecule has 0 radical (unpaired) electrons. The van der Waals surface area contributed by atoms with Gasteiger partial charge >= 0.3 is 0 Å². The van der Waals surface area contributed by atoms with E-state index in [1.54, 1.807) is 0 Å². The molecule has 0 aromatic heterocycles. The van der Waals surface area contributed by atoms with Gasteiger partial charge in [-0.1, -0.05) is 29.8 Å². The van der Waals surface area contributed by atoms with E-state index < -0.39 is 0 Å². The molecule has 0 spiro atoms. The summed E-state index contributed by atoms with van der Waals surface area (Å²) in [7, 11) is 0. The van der Waals surface area contributed by atoms with Crippen LogP contribution in [0.4, 0.5) is 0 Å². The standard InChI is InChI=1S/C18H28N4OS/c1-15-2-4-16(5-3-15)17(21-6-10-23-11-7-21)14-20-18(19)22-8-12-24-13-9-22/h2-5,17H,6-14H2,1H3,(H2,19,20). The number of rotatable bonds is 4. The molecule has 5 nitrogen and oxygen atoms in total. The Balaban J connectivity index is 1.72. The minimum atomic E-state index is 0.271. The summed E-state index contributed by atoms with van der Waals surface area (Å²) < 4.78 is 5.51. The van der Waals surface area contributed by atoms with Gasteiger partial charge in [0.15, 0.2) is 5.96 Å². The molecular weight excluding hydrogens is 320 g/mol. The lowest BCUT2D eigenvalue weighted by atomic mass is 10.0. The van der Waals surface area contributed by atoms with Crippen molar-refractivity contribution in [2.75, 3.05) is 57.4 Å². The number of aliphatic imine (C=N–C) groups is 1. The maximum Gasteiger partial charge on any atom is 0.191 e. The molecule has 2 N–H and O–H groups in total. The Labute approximate surface area is 149 Å². The van der Waals surface area contributed by atoms with Crippen LogP contribution in [0.15, 0.2) is 29.3 Å². The van der Waals surface area contributed by atoms with Crippen LogP contribution in [-0.2, 0) is 4.74 Å². The predicted octanol–water partition coefficient (Wildman–Crippen LogP) is 1.73. The second-order valence-electron chi connectivity index (χ2n) is 6.37. The van der Waals surface area contributed by atoms with Crippen LogP contribution >= 0.6 is 11.8 Å². The zero-order chi connectivity index (χ0) is 16.8. The number of ether oxygens (including phenoxy) is 1. The molecule has 24 heavy (non-hydrogen) atoms. The molecule has 3 rings (SSSR count). The summed E-state index contributed by atoms with van der Waals surface area (Å²) in [6.07, 6.45) is 0. The number of nitrogens with zero attached hydrogens (tertiary/aromatic N) is 3. The third kappa shape index (κ3) is 4.65. The zero-order valence-electron chi connectivity index (χ0n) is 14.5. The normalized spacial score (nSPS) is 21.7. The van der Waals surface area contributed by atoms with Gasteiger partial charge in [0.1, 0.15) is 0 Å². The van der Waals surface area contributed by atoms with Crippen molar-refractivity contribution in [2.45, 2.75) is 13.0 Å². The molecule has 0 saturated carbocycles. The monoisotopic (exact) mass is 348 g/mol. The van der Waals surface area contributed by atoms with Crippen LogP contribution in [-0.4, -0.2) is 73.2 Å². The van der Waals surface area contributed by atoms with Gasteiger partial charge in [0.2, 0.25) is 0 Å². The number of hydrogen-bond acceptors (Lipinski definition) is 4. The van der Waals surface area contributed by atoms with Crippen LogP contribution in [0.25, 0.3) is 0 Å². The van der Waals surface area contributed by atoms with Crippen LogP contribution in [0.1, 0.15) is 17.2 Å². The molecule has 132 valence electrons. The zero-order valence-corrected chi connectivity index (χ0v) is 15.3. The van der Waals surface area contributed by atoms with E-state index in [0.717, 1.165) is 50.9 Å². The summed E-state index contributed by atoms with van der Waals surface area (Å²) in [4.78, 5) is 9.43. The van der Waals surface area contributed by atoms with E-state index in [-0.39, 0.29) is 6.04 Å². The van der Waals surface area contributed by atoms with Gasteiger partial charge in [0.25, 0.3) is 0 Å². The highest BCUT2D eigenvalue weighted by atomic mass is 32.2. The number of aryl methyl sites for hydroxylation is 1. The fourth-order valence-electron chi connectivity index (χ4n) is 3.18. The Bertz CT molecular complexity index is 536. The number of guanidine groups is 1. The lowest BCUT2D eigenvalue weighted by Crippen LogP contribution is -2.44. The Morgan fingerprint density at radius 1 is 1.17 bits per heavy atom. The third-order valence-corrected chi connectivity index (χ3v) is 5.65. The summed E-state index contributed by atoms with van der Waals surface area (Å²) in [5.41, 5.74) is 8.85. The highest BCUT2D eigenvalue weighted by Crippen LogP contribution is 2.23. The minimum absolute atomic E-state index is 0.271. The molecule has 2 saturated heterocycles. The quantitative estimate of drug-likeness (QED) is 0.663. The number of benzene rings is 1. The molecule has 1 atom stereocenters. The molecular formula is C18H28N4OS. The molecule has 2 heterocycles. The van der Waals surface area contributed by atoms with E-state index in [1.807, 2.05) is 11.8 Å². The first-order valence-corrected chi connectivity index (χ1v) is 9.90. The van der Waals surface area contributed by atoms with Crippen molar-refractivity contribution in [1.29, 1.82) is 0 Å². The van der Waals surface area contributed by atoms with Gasteiger partial charge in [0.05, 0.1) is 25.8 Å². The van der Waals surface area contributed by atoms with Gasteiger partial charge < -0.3 is 15.4 Å². The second kappa shape index (κ2) is 8.74. The van der Waals surface area contributed by atoms with E-state index in [2.05, 4.69) is 41.0 Å². The Morgan fingerprint density at radius 3 is 2.50 bits per heavy atom. The SMILES string of the molecule is Cc1ccc(C(CN=C(N)N2CCSCC2)N2CCOCC2)cc1. The first-order valence-electron chi connectivity index (χ1n) is 8.75. The molecule has 0 amide bonds. The lowest BCUT2D eigenvalue weighted by molar-refractivity contribution is 0.0179. The van der Waals surface area contributed by atoms with E-state index in [1.165, 1.54) is 11.1 Å². The van der Waals surface area contributed by atoms with Crippen molar-refractivity contribution in [2.24, 2.45) is 10.7 Å². The first kappa shape index (κ1) is 17.6. The Kier molecular flexibility index (Phi) is 6.40. The van der Waals surface area contributed by atoms with Crippen molar-refractivity contribution in [1.82, 2.24) is 9.80 Å². The van der Waals surface area contributed by atoms with E-state index in [9.17, 15) is 0 Å². The molecule has 2 aliphatic heterocycles. The van der Waals surface area contributed by atoms with Crippen molar-refractivity contribution < 1.29 is 4.74 Å². The average Bonchev–Trinajstić information content (AvgIpc) is 2.65. The number of hydrogen-bond donors (Lipinski definition) is 1. The van der Waals surface area contributed by atoms with Crippen molar-refractivity contribution >= 4 is 17.7 Å². The predicted molar refractivity (Wildman–Crippen MR) is 102 cm³/mol. The lowest BCUT2D eigenvalue weighted by Gasteiger charge is -2.34.